The molecule has 8 heteroatoms. The summed E-state index contributed by atoms with van der Waals surface area (Å²) in [6.45, 7) is 4.29. The van der Waals surface area contributed by atoms with Crippen LogP contribution in [0.1, 0.15) is 10.9 Å². The highest BCUT2D eigenvalue weighted by Gasteiger charge is 2.23. The number of nitrogens with one attached hydrogen (secondary N) is 1. The smallest absolute Gasteiger partial charge is 0.163 e. The molecule has 4 heterocycles. The van der Waals surface area contributed by atoms with Gasteiger partial charge in [-0.05, 0) is 11.4 Å². The standard InChI is InChI=1S/C16H20N6OS/c1-21-16-12(9-20-21)15(18-11-19-16)17-10-13(14-3-2-8-24-14)22-4-6-23-7-5-22/h2-3,8-9,11,13H,4-7,10H2,1H3,(H,17,18,19)/t13-/m1/s1. The van der Waals surface area contributed by atoms with Gasteiger partial charge in [0, 0.05) is 31.6 Å². The van der Waals surface area contributed by atoms with E-state index in [1.807, 2.05) is 13.2 Å². The fourth-order valence-corrected chi connectivity index (χ4v) is 3.94. The first-order valence-electron chi connectivity index (χ1n) is 8.04. The number of anilines is 1. The van der Waals surface area contributed by atoms with Crippen LogP contribution >= 0.6 is 11.3 Å². The summed E-state index contributed by atoms with van der Waals surface area (Å²) in [7, 11) is 1.89. The van der Waals surface area contributed by atoms with Gasteiger partial charge in [0.05, 0.1) is 30.8 Å². The van der Waals surface area contributed by atoms with Crippen LogP contribution in [0.15, 0.2) is 30.0 Å². The number of hydrogen-bond acceptors (Lipinski definition) is 7. The van der Waals surface area contributed by atoms with Gasteiger partial charge in [0.15, 0.2) is 5.65 Å². The van der Waals surface area contributed by atoms with Crippen molar-refractivity contribution in [3.63, 3.8) is 0 Å². The molecule has 7 nitrogen and oxygen atoms in total. The van der Waals surface area contributed by atoms with Gasteiger partial charge in [0.25, 0.3) is 0 Å². The average molecular weight is 344 g/mol. The third kappa shape index (κ3) is 3.00. The molecule has 0 aliphatic carbocycles. The maximum atomic E-state index is 5.50. The molecule has 0 bridgehead atoms. The van der Waals surface area contributed by atoms with Gasteiger partial charge in [-0.1, -0.05) is 6.07 Å². The third-order valence-electron chi connectivity index (χ3n) is 4.35. The molecule has 0 radical (unpaired) electrons. The fourth-order valence-electron chi connectivity index (χ4n) is 3.08. The molecule has 0 amide bonds. The second-order valence-corrected chi connectivity index (χ2v) is 6.77. The maximum absolute atomic E-state index is 5.50. The van der Waals surface area contributed by atoms with Crippen molar-refractivity contribution >= 4 is 28.2 Å². The van der Waals surface area contributed by atoms with E-state index in [-0.39, 0.29) is 0 Å². The summed E-state index contributed by atoms with van der Waals surface area (Å²) in [5.41, 5.74) is 0.839. The highest BCUT2D eigenvalue weighted by Crippen LogP contribution is 2.27. The van der Waals surface area contributed by atoms with Gasteiger partial charge in [0.2, 0.25) is 0 Å². The number of ether oxygens (including phenoxy) is 1. The lowest BCUT2D eigenvalue weighted by atomic mass is 10.2. The molecule has 1 aliphatic rings. The van der Waals surface area contributed by atoms with E-state index < -0.39 is 0 Å². The summed E-state index contributed by atoms with van der Waals surface area (Å²) < 4.78 is 7.26. The summed E-state index contributed by atoms with van der Waals surface area (Å²) in [4.78, 5) is 12.5. The Balaban J connectivity index is 1.56. The Morgan fingerprint density at radius 3 is 3.00 bits per heavy atom. The highest BCUT2D eigenvalue weighted by molar-refractivity contribution is 7.10. The van der Waals surface area contributed by atoms with Gasteiger partial charge in [-0.2, -0.15) is 5.10 Å². The molecular formula is C16H20N6OS. The molecule has 0 saturated carbocycles. The Morgan fingerprint density at radius 1 is 1.33 bits per heavy atom. The molecule has 0 spiro atoms. The molecule has 0 aromatic carbocycles. The summed E-state index contributed by atoms with van der Waals surface area (Å²) >= 11 is 1.80. The van der Waals surface area contributed by atoms with Crippen LogP contribution in [0.2, 0.25) is 0 Å². The summed E-state index contributed by atoms with van der Waals surface area (Å²) in [5, 5.41) is 10.9. The van der Waals surface area contributed by atoms with E-state index in [1.54, 1.807) is 22.3 Å². The molecule has 24 heavy (non-hydrogen) atoms. The van der Waals surface area contributed by atoms with Crippen LogP contribution < -0.4 is 5.32 Å². The van der Waals surface area contributed by atoms with Crippen LogP contribution in [0.5, 0.6) is 0 Å². The van der Waals surface area contributed by atoms with Crippen LogP contribution in [0.25, 0.3) is 11.0 Å². The normalized spacial score (nSPS) is 17.2. The summed E-state index contributed by atoms with van der Waals surface area (Å²) in [6, 6.07) is 4.62. The molecule has 1 fully saturated rings. The first-order chi connectivity index (χ1) is 11.8. The lowest BCUT2D eigenvalue weighted by Gasteiger charge is -2.34. The maximum Gasteiger partial charge on any atom is 0.163 e. The summed E-state index contributed by atoms with van der Waals surface area (Å²) in [6.07, 6.45) is 3.40. The number of aryl methyl sites for hydroxylation is 1. The summed E-state index contributed by atoms with van der Waals surface area (Å²) in [5.74, 6) is 0.836. The topological polar surface area (TPSA) is 68.1 Å². The Morgan fingerprint density at radius 2 is 2.21 bits per heavy atom. The van der Waals surface area contributed by atoms with Crippen LogP contribution in [0, 0.1) is 0 Å². The first kappa shape index (κ1) is 15.5. The fraction of sp³-hybridized carbons (Fsp3) is 0.438. The van der Waals surface area contributed by atoms with E-state index in [0.717, 1.165) is 49.7 Å². The number of rotatable bonds is 5. The molecule has 1 saturated heterocycles. The van der Waals surface area contributed by atoms with Crippen molar-refractivity contribution in [1.29, 1.82) is 0 Å². The van der Waals surface area contributed by atoms with E-state index >= 15 is 0 Å². The van der Waals surface area contributed by atoms with Crippen molar-refractivity contribution < 1.29 is 4.74 Å². The second kappa shape index (κ2) is 6.84. The molecule has 3 aromatic heterocycles. The van der Waals surface area contributed by atoms with E-state index in [4.69, 9.17) is 4.74 Å². The van der Waals surface area contributed by atoms with E-state index in [0.29, 0.717) is 6.04 Å². The zero-order valence-electron chi connectivity index (χ0n) is 13.6. The zero-order chi connectivity index (χ0) is 16.4. The number of nitrogens with zero attached hydrogens (tertiary/aromatic N) is 5. The molecule has 126 valence electrons. The number of fused-ring (bicyclic) bond motifs is 1. The van der Waals surface area contributed by atoms with Gasteiger partial charge < -0.3 is 10.1 Å². The van der Waals surface area contributed by atoms with Crippen molar-refractivity contribution in [3.05, 3.63) is 34.9 Å². The minimum Gasteiger partial charge on any atom is -0.379 e. The van der Waals surface area contributed by atoms with E-state index in [9.17, 15) is 0 Å². The first-order valence-corrected chi connectivity index (χ1v) is 8.92. The highest BCUT2D eigenvalue weighted by atomic mass is 32.1. The Kier molecular flexibility index (Phi) is 4.42. The zero-order valence-corrected chi connectivity index (χ0v) is 14.4. The molecule has 3 aromatic rings. The molecule has 1 aliphatic heterocycles. The lowest BCUT2D eigenvalue weighted by Crippen LogP contribution is -2.41. The van der Waals surface area contributed by atoms with Crippen molar-refractivity contribution in [3.8, 4) is 0 Å². The number of hydrogen-bond donors (Lipinski definition) is 1. The van der Waals surface area contributed by atoms with Gasteiger partial charge in [-0.15, -0.1) is 11.3 Å². The van der Waals surface area contributed by atoms with Crippen LogP contribution in [0.3, 0.4) is 0 Å². The SMILES string of the molecule is Cn1ncc2c(NC[C@H](c3cccs3)N3CCOCC3)ncnc21. The van der Waals surface area contributed by atoms with E-state index in [1.165, 1.54) is 4.88 Å². The average Bonchev–Trinajstić information content (AvgIpc) is 3.27. The van der Waals surface area contributed by atoms with Crippen molar-refractivity contribution in [1.82, 2.24) is 24.6 Å². The minimum atomic E-state index is 0.315. The number of morpholine rings is 1. The van der Waals surface area contributed by atoms with Crippen LogP contribution in [-0.4, -0.2) is 57.5 Å². The quantitative estimate of drug-likeness (QED) is 0.763. The van der Waals surface area contributed by atoms with Gasteiger partial charge in [0.1, 0.15) is 12.1 Å². The van der Waals surface area contributed by atoms with Crippen LogP contribution in [-0.2, 0) is 11.8 Å². The molecular weight excluding hydrogens is 324 g/mol. The third-order valence-corrected chi connectivity index (χ3v) is 5.32. The van der Waals surface area contributed by atoms with Crippen molar-refractivity contribution in [2.45, 2.75) is 6.04 Å². The van der Waals surface area contributed by atoms with E-state index in [2.05, 4.69) is 42.8 Å². The van der Waals surface area contributed by atoms with Crippen LogP contribution in [0.4, 0.5) is 5.82 Å². The Labute approximate surface area is 144 Å². The largest absolute Gasteiger partial charge is 0.379 e. The monoisotopic (exact) mass is 344 g/mol. The minimum absolute atomic E-state index is 0.315. The number of aromatic nitrogens is 4. The lowest BCUT2D eigenvalue weighted by molar-refractivity contribution is 0.0194. The van der Waals surface area contributed by atoms with Gasteiger partial charge in [-0.25, -0.2) is 9.97 Å². The molecule has 4 rings (SSSR count). The van der Waals surface area contributed by atoms with Gasteiger partial charge in [-0.3, -0.25) is 9.58 Å². The van der Waals surface area contributed by atoms with Gasteiger partial charge >= 0.3 is 0 Å². The molecule has 1 N–H and O–H groups in total. The Hall–Kier alpha value is -2.03. The predicted octanol–water partition coefficient (Wildman–Crippen LogP) is 1.91. The van der Waals surface area contributed by atoms with Crippen molar-refractivity contribution in [2.75, 3.05) is 38.2 Å². The second-order valence-electron chi connectivity index (χ2n) is 5.79. The number of thiophene rings is 1. The van der Waals surface area contributed by atoms with Crippen molar-refractivity contribution in [2.24, 2.45) is 7.05 Å². The molecule has 0 unspecified atom stereocenters. The predicted molar refractivity (Wildman–Crippen MR) is 94.2 cm³/mol. The molecule has 1 atom stereocenters. The Bertz CT molecular complexity index is 796.